The molecule has 25 heavy (non-hydrogen) atoms. The summed E-state index contributed by atoms with van der Waals surface area (Å²) in [6, 6.07) is 28.3. The molecular formula is C22H21ClN2. The van der Waals surface area contributed by atoms with Crippen LogP contribution in [-0.4, -0.2) is 19.5 Å². The van der Waals surface area contributed by atoms with E-state index < -0.39 is 0 Å². The number of benzene rings is 3. The van der Waals surface area contributed by atoms with E-state index in [2.05, 4.69) is 36.0 Å². The van der Waals surface area contributed by atoms with Crippen LogP contribution in [0.25, 0.3) is 0 Å². The maximum atomic E-state index is 6.00. The molecule has 0 saturated carbocycles. The fourth-order valence-corrected chi connectivity index (χ4v) is 2.43. The molecule has 0 atom stereocenters. The number of hydrogen-bond acceptors (Lipinski definition) is 2. The van der Waals surface area contributed by atoms with Crippen LogP contribution in [0.5, 0.6) is 0 Å². The van der Waals surface area contributed by atoms with Crippen LogP contribution in [0, 0.1) is 0 Å². The Morgan fingerprint density at radius 1 is 0.800 bits per heavy atom. The maximum absolute atomic E-state index is 6.00. The molecule has 0 N–H and O–H groups in total. The maximum Gasteiger partial charge on any atom is 0.0723 e. The first-order valence-electron chi connectivity index (χ1n) is 7.99. The summed E-state index contributed by atoms with van der Waals surface area (Å²) in [7, 11) is 1.64. The van der Waals surface area contributed by atoms with E-state index in [4.69, 9.17) is 16.6 Å². The molecule has 0 amide bonds. The van der Waals surface area contributed by atoms with Crippen molar-refractivity contribution in [3.63, 3.8) is 0 Å². The van der Waals surface area contributed by atoms with E-state index in [0.29, 0.717) is 6.54 Å². The highest BCUT2D eigenvalue weighted by atomic mass is 35.5. The second-order valence-corrected chi connectivity index (χ2v) is 5.78. The van der Waals surface area contributed by atoms with Crippen molar-refractivity contribution in [2.24, 2.45) is 9.98 Å². The first kappa shape index (κ1) is 18.6. The van der Waals surface area contributed by atoms with Gasteiger partial charge in [0.25, 0.3) is 0 Å². The van der Waals surface area contributed by atoms with Gasteiger partial charge in [0.2, 0.25) is 0 Å². The Labute approximate surface area is 154 Å². The summed E-state index contributed by atoms with van der Waals surface area (Å²) in [4.78, 5) is 8.09. The van der Waals surface area contributed by atoms with Gasteiger partial charge in [-0.2, -0.15) is 0 Å². The number of nitrogens with zero attached hydrogens (tertiary/aromatic N) is 2. The fraction of sp³-hybridized carbons (Fsp3) is 0.0909. The lowest BCUT2D eigenvalue weighted by molar-refractivity contribution is 1.07. The summed E-state index contributed by atoms with van der Waals surface area (Å²) in [6.07, 6.45) is 0. The molecular weight excluding hydrogens is 328 g/mol. The minimum atomic E-state index is 0.660. The molecule has 0 heterocycles. The zero-order valence-corrected chi connectivity index (χ0v) is 15.0. The largest absolute Gasteiger partial charge is 0.304 e. The highest BCUT2D eigenvalue weighted by Gasteiger charge is 2.06. The van der Waals surface area contributed by atoms with Crippen LogP contribution < -0.4 is 0 Å². The van der Waals surface area contributed by atoms with Crippen molar-refractivity contribution < 1.29 is 0 Å². The van der Waals surface area contributed by atoms with Crippen LogP contribution in [0.15, 0.2) is 94.9 Å². The number of hydrogen-bond donors (Lipinski definition) is 0. The van der Waals surface area contributed by atoms with Gasteiger partial charge in [-0.25, -0.2) is 0 Å². The van der Waals surface area contributed by atoms with Gasteiger partial charge in [0.05, 0.1) is 12.3 Å². The van der Waals surface area contributed by atoms with Gasteiger partial charge in [-0.15, -0.1) is 0 Å². The molecule has 0 aromatic heterocycles. The quantitative estimate of drug-likeness (QED) is 0.541. The van der Waals surface area contributed by atoms with Crippen LogP contribution in [-0.2, 0) is 6.54 Å². The number of halogens is 1. The SMILES string of the molecule is C=NC.Clc1ccc(C(=NCc2ccccc2)c2ccccc2)cc1. The molecule has 3 aromatic carbocycles. The zero-order chi connectivity index (χ0) is 17.9. The second-order valence-electron chi connectivity index (χ2n) is 5.34. The van der Waals surface area contributed by atoms with Gasteiger partial charge in [-0.3, -0.25) is 4.99 Å². The topological polar surface area (TPSA) is 24.7 Å². The predicted molar refractivity (Wildman–Crippen MR) is 109 cm³/mol. The van der Waals surface area contributed by atoms with Gasteiger partial charge >= 0.3 is 0 Å². The Hall–Kier alpha value is -2.71. The molecule has 126 valence electrons. The highest BCUT2D eigenvalue weighted by molar-refractivity contribution is 6.30. The molecule has 0 aliphatic heterocycles. The predicted octanol–water partition coefficient (Wildman–Crippen LogP) is 5.69. The van der Waals surface area contributed by atoms with Crippen molar-refractivity contribution in [3.05, 3.63) is 107 Å². The average Bonchev–Trinajstić information content (AvgIpc) is 2.66. The molecule has 0 aliphatic rings. The lowest BCUT2D eigenvalue weighted by Gasteiger charge is -2.08. The van der Waals surface area contributed by atoms with Crippen molar-refractivity contribution >= 4 is 24.0 Å². The molecule has 0 fully saturated rings. The van der Waals surface area contributed by atoms with Crippen molar-refractivity contribution in [2.45, 2.75) is 6.54 Å². The zero-order valence-electron chi connectivity index (χ0n) is 14.3. The van der Waals surface area contributed by atoms with Crippen molar-refractivity contribution in [1.29, 1.82) is 0 Å². The molecule has 0 aliphatic carbocycles. The van der Waals surface area contributed by atoms with Crippen molar-refractivity contribution in [1.82, 2.24) is 0 Å². The number of rotatable bonds is 4. The molecule has 0 saturated heterocycles. The van der Waals surface area contributed by atoms with E-state index in [-0.39, 0.29) is 0 Å². The van der Waals surface area contributed by atoms with E-state index >= 15 is 0 Å². The summed E-state index contributed by atoms with van der Waals surface area (Å²) >= 11 is 6.00. The summed E-state index contributed by atoms with van der Waals surface area (Å²) in [5.74, 6) is 0. The van der Waals surface area contributed by atoms with Gasteiger partial charge < -0.3 is 4.99 Å². The lowest BCUT2D eigenvalue weighted by atomic mass is 10.0. The summed E-state index contributed by atoms with van der Waals surface area (Å²) in [5, 5.41) is 0.735. The smallest absolute Gasteiger partial charge is 0.0723 e. The third kappa shape index (κ3) is 6.02. The van der Waals surface area contributed by atoms with Crippen LogP contribution in [0.4, 0.5) is 0 Å². The molecule has 0 radical (unpaired) electrons. The van der Waals surface area contributed by atoms with Gasteiger partial charge in [0.1, 0.15) is 0 Å². The Bertz CT molecular complexity index is 794. The van der Waals surface area contributed by atoms with Crippen LogP contribution in [0.1, 0.15) is 16.7 Å². The third-order valence-electron chi connectivity index (χ3n) is 3.43. The monoisotopic (exact) mass is 348 g/mol. The second kappa shape index (κ2) is 10.2. The standard InChI is InChI=1S/C20H16ClN.C2H5N/c21-19-13-11-18(12-14-19)20(17-9-5-2-6-10-17)22-15-16-7-3-1-4-8-16;1-3-2/h1-14H,15H2;1H2,2H3. The summed E-state index contributed by atoms with van der Waals surface area (Å²) in [6.45, 7) is 3.77. The van der Waals surface area contributed by atoms with Crippen molar-refractivity contribution in [3.8, 4) is 0 Å². The molecule has 3 rings (SSSR count). The van der Waals surface area contributed by atoms with E-state index in [1.165, 1.54) is 5.56 Å². The Balaban J connectivity index is 0.000000701. The molecule has 3 aromatic rings. The van der Waals surface area contributed by atoms with E-state index in [9.17, 15) is 0 Å². The highest BCUT2D eigenvalue weighted by Crippen LogP contribution is 2.16. The summed E-state index contributed by atoms with van der Waals surface area (Å²) < 4.78 is 0. The molecule has 0 bridgehead atoms. The molecule has 0 spiro atoms. The Kier molecular flexibility index (Phi) is 7.61. The Morgan fingerprint density at radius 3 is 1.84 bits per heavy atom. The number of aliphatic imine (C=N–C) groups is 2. The fourth-order valence-electron chi connectivity index (χ4n) is 2.31. The van der Waals surface area contributed by atoms with Gasteiger partial charge in [0, 0.05) is 23.2 Å². The van der Waals surface area contributed by atoms with Gasteiger partial charge in [-0.05, 0) is 24.4 Å². The summed E-state index contributed by atoms with van der Waals surface area (Å²) in [5.41, 5.74) is 4.37. The lowest BCUT2D eigenvalue weighted by Crippen LogP contribution is -2.04. The van der Waals surface area contributed by atoms with Crippen LogP contribution in [0.3, 0.4) is 0 Å². The van der Waals surface area contributed by atoms with Crippen LogP contribution >= 0.6 is 11.6 Å². The van der Waals surface area contributed by atoms with E-state index in [1.54, 1.807) is 7.05 Å². The first-order valence-corrected chi connectivity index (χ1v) is 8.37. The van der Waals surface area contributed by atoms with E-state index in [1.807, 2.05) is 60.7 Å². The minimum absolute atomic E-state index is 0.660. The molecule has 3 heteroatoms. The minimum Gasteiger partial charge on any atom is -0.304 e. The Morgan fingerprint density at radius 2 is 1.28 bits per heavy atom. The van der Waals surface area contributed by atoms with Gasteiger partial charge in [0.15, 0.2) is 0 Å². The van der Waals surface area contributed by atoms with Crippen LogP contribution in [0.2, 0.25) is 5.02 Å². The molecule has 0 unspecified atom stereocenters. The van der Waals surface area contributed by atoms with Crippen molar-refractivity contribution in [2.75, 3.05) is 7.05 Å². The third-order valence-corrected chi connectivity index (χ3v) is 3.68. The normalized spacial score (nSPS) is 10.6. The average molecular weight is 349 g/mol. The van der Waals surface area contributed by atoms with Gasteiger partial charge in [-0.1, -0.05) is 84.4 Å². The molecule has 2 nitrogen and oxygen atoms in total. The van der Waals surface area contributed by atoms with E-state index in [0.717, 1.165) is 21.9 Å². The first-order chi connectivity index (χ1) is 12.2.